The summed E-state index contributed by atoms with van der Waals surface area (Å²) in [4.78, 5) is 15.3. The van der Waals surface area contributed by atoms with Crippen molar-refractivity contribution in [3.8, 4) is 5.88 Å². The van der Waals surface area contributed by atoms with Crippen LogP contribution in [0.1, 0.15) is 12.8 Å². The highest BCUT2D eigenvalue weighted by atomic mass is 35.5. The van der Waals surface area contributed by atoms with Gasteiger partial charge in [-0.3, -0.25) is 0 Å². The Hall–Kier alpha value is -2.40. The molecule has 1 unspecified atom stereocenters. The van der Waals surface area contributed by atoms with Gasteiger partial charge in [0.25, 0.3) is 0 Å². The lowest BCUT2D eigenvalue weighted by molar-refractivity contribution is 0.172. The highest BCUT2D eigenvalue weighted by Crippen LogP contribution is 2.26. The number of hydrogen-bond donors (Lipinski definition) is 0. The molecule has 5 nitrogen and oxygen atoms in total. The molecule has 1 atom stereocenters. The fraction of sp³-hybridized carbons (Fsp3) is 0.278. The van der Waals surface area contributed by atoms with Gasteiger partial charge < -0.3 is 9.64 Å². The van der Waals surface area contributed by atoms with E-state index in [0.717, 1.165) is 42.7 Å². The van der Waals surface area contributed by atoms with Crippen LogP contribution in [0.2, 0.25) is 5.02 Å². The van der Waals surface area contributed by atoms with Gasteiger partial charge in [-0.25, -0.2) is 15.0 Å². The van der Waals surface area contributed by atoms with E-state index < -0.39 is 0 Å². The predicted octanol–water partition coefficient (Wildman–Crippen LogP) is 3.73. The minimum atomic E-state index is 0.0844. The molecule has 0 aliphatic carbocycles. The molecule has 2 aromatic heterocycles. The summed E-state index contributed by atoms with van der Waals surface area (Å²) in [6.07, 6.45) is 5.37. The molecule has 0 bridgehead atoms. The number of piperidine rings is 1. The van der Waals surface area contributed by atoms with Crippen molar-refractivity contribution in [2.45, 2.75) is 18.9 Å². The highest BCUT2D eigenvalue weighted by molar-refractivity contribution is 6.30. The lowest BCUT2D eigenvalue weighted by atomic mass is 10.1. The molecule has 4 rings (SSSR count). The van der Waals surface area contributed by atoms with Gasteiger partial charge in [-0.15, -0.1) is 0 Å². The molecule has 0 N–H and O–H groups in total. The number of anilines is 1. The zero-order valence-corrected chi connectivity index (χ0v) is 13.9. The van der Waals surface area contributed by atoms with E-state index in [1.54, 1.807) is 24.7 Å². The zero-order chi connectivity index (χ0) is 16.4. The number of fused-ring (bicyclic) bond motifs is 1. The summed E-state index contributed by atoms with van der Waals surface area (Å²) in [6.45, 7) is 1.75. The van der Waals surface area contributed by atoms with E-state index in [1.165, 1.54) is 0 Å². The van der Waals surface area contributed by atoms with Crippen LogP contribution < -0.4 is 9.64 Å². The molecule has 0 spiro atoms. The SMILES string of the molecule is Clc1ccc(OC2CCCN(c3ncnc4ccccc34)C2)nc1. The number of ether oxygens (including phenoxy) is 1. The number of nitrogens with zero attached hydrogens (tertiary/aromatic N) is 4. The van der Waals surface area contributed by atoms with Crippen molar-refractivity contribution in [1.82, 2.24) is 15.0 Å². The Kier molecular flexibility index (Phi) is 4.17. The van der Waals surface area contributed by atoms with E-state index in [9.17, 15) is 0 Å². The topological polar surface area (TPSA) is 51.1 Å². The second-order valence-electron chi connectivity index (χ2n) is 5.86. The third-order valence-electron chi connectivity index (χ3n) is 4.19. The largest absolute Gasteiger partial charge is 0.472 e. The summed E-state index contributed by atoms with van der Waals surface area (Å²) in [5, 5.41) is 1.69. The first-order valence-electron chi connectivity index (χ1n) is 8.02. The normalized spacial score (nSPS) is 17.9. The first-order chi connectivity index (χ1) is 11.8. The fourth-order valence-corrected chi connectivity index (χ4v) is 3.18. The zero-order valence-electron chi connectivity index (χ0n) is 13.1. The predicted molar refractivity (Wildman–Crippen MR) is 94.6 cm³/mol. The van der Waals surface area contributed by atoms with Gasteiger partial charge in [0.05, 0.1) is 17.1 Å². The Balaban J connectivity index is 1.55. The van der Waals surface area contributed by atoms with Crippen LogP contribution in [0.25, 0.3) is 10.9 Å². The molecule has 3 aromatic rings. The summed E-state index contributed by atoms with van der Waals surface area (Å²) < 4.78 is 6.02. The minimum Gasteiger partial charge on any atom is -0.472 e. The van der Waals surface area contributed by atoms with Crippen molar-refractivity contribution in [3.63, 3.8) is 0 Å². The standard InChI is InChI=1S/C18H17ClN4O/c19-13-7-8-17(20-10-13)24-14-4-3-9-23(11-14)18-15-5-1-2-6-16(15)21-12-22-18/h1-2,5-8,10,12,14H,3-4,9,11H2. The summed E-state index contributed by atoms with van der Waals surface area (Å²) in [7, 11) is 0. The van der Waals surface area contributed by atoms with E-state index >= 15 is 0 Å². The summed E-state index contributed by atoms with van der Waals surface area (Å²) in [5.74, 6) is 1.58. The Labute approximate surface area is 145 Å². The fourth-order valence-electron chi connectivity index (χ4n) is 3.07. The number of rotatable bonds is 3. The molecule has 0 radical (unpaired) electrons. The number of benzene rings is 1. The van der Waals surface area contributed by atoms with Gasteiger partial charge in [0.1, 0.15) is 18.2 Å². The molecular weight excluding hydrogens is 324 g/mol. The third-order valence-corrected chi connectivity index (χ3v) is 4.41. The second-order valence-corrected chi connectivity index (χ2v) is 6.29. The first kappa shape index (κ1) is 15.1. The summed E-state index contributed by atoms with van der Waals surface area (Å²) in [5.41, 5.74) is 0.963. The van der Waals surface area contributed by atoms with Gasteiger partial charge in [-0.2, -0.15) is 0 Å². The molecule has 122 valence electrons. The number of pyridine rings is 1. The van der Waals surface area contributed by atoms with E-state index in [0.29, 0.717) is 10.9 Å². The molecule has 3 heterocycles. The second kappa shape index (κ2) is 6.61. The van der Waals surface area contributed by atoms with Gasteiger partial charge in [-0.05, 0) is 31.0 Å². The monoisotopic (exact) mass is 340 g/mol. The molecule has 1 aromatic carbocycles. The van der Waals surface area contributed by atoms with Gasteiger partial charge in [0.15, 0.2) is 0 Å². The van der Waals surface area contributed by atoms with Crippen molar-refractivity contribution in [3.05, 3.63) is 53.9 Å². The van der Waals surface area contributed by atoms with Crippen LogP contribution in [0.3, 0.4) is 0 Å². The molecule has 24 heavy (non-hydrogen) atoms. The third kappa shape index (κ3) is 3.12. The smallest absolute Gasteiger partial charge is 0.213 e. The minimum absolute atomic E-state index is 0.0844. The van der Waals surface area contributed by atoms with Gasteiger partial charge in [0.2, 0.25) is 5.88 Å². The number of aromatic nitrogens is 3. The van der Waals surface area contributed by atoms with Crippen LogP contribution >= 0.6 is 11.6 Å². The van der Waals surface area contributed by atoms with Gasteiger partial charge in [0, 0.05) is 24.2 Å². The highest BCUT2D eigenvalue weighted by Gasteiger charge is 2.24. The average molecular weight is 341 g/mol. The van der Waals surface area contributed by atoms with Crippen molar-refractivity contribution in [1.29, 1.82) is 0 Å². The van der Waals surface area contributed by atoms with Gasteiger partial charge >= 0.3 is 0 Å². The van der Waals surface area contributed by atoms with Crippen LogP contribution in [0.15, 0.2) is 48.9 Å². The quantitative estimate of drug-likeness (QED) is 0.727. The van der Waals surface area contributed by atoms with Crippen LogP contribution in [0, 0.1) is 0 Å². The summed E-state index contributed by atoms with van der Waals surface area (Å²) in [6, 6.07) is 11.7. The molecular formula is C18H17ClN4O. The maximum atomic E-state index is 6.02. The molecule has 0 amide bonds. The molecule has 6 heteroatoms. The molecule has 1 fully saturated rings. The first-order valence-corrected chi connectivity index (χ1v) is 8.40. The van der Waals surface area contributed by atoms with E-state index in [2.05, 4.69) is 25.9 Å². The maximum Gasteiger partial charge on any atom is 0.213 e. The molecule has 1 saturated heterocycles. The van der Waals surface area contributed by atoms with Crippen LogP contribution in [-0.4, -0.2) is 34.1 Å². The molecule has 1 aliphatic rings. The lowest BCUT2D eigenvalue weighted by Crippen LogP contribution is -2.41. The van der Waals surface area contributed by atoms with Crippen molar-refractivity contribution < 1.29 is 4.74 Å². The average Bonchev–Trinajstić information content (AvgIpc) is 2.63. The van der Waals surface area contributed by atoms with Crippen LogP contribution in [0.5, 0.6) is 5.88 Å². The van der Waals surface area contributed by atoms with E-state index in [4.69, 9.17) is 16.3 Å². The number of halogens is 1. The number of hydrogen-bond acceptors (Lipinski definition) is 5. The van der Waals surface area contributed by atoms with E-state index in [-0.39, 0.29) is 6.10 Å². The Morgan fingerprint density at radius 2 is 2.00 bits per heavy atom. The van der Waals surface area contributed by atoms with Crippen molar-refractivity contribution in [2.24, 2.45) is 0 Å². The Bertz CT molecular complexity index is 835. The van der Waals surface area contributed by atoms with Gasteiger partial charge in [-0.1, -0.05) is 23.7 Å². The van der Waals surface area contributed by atoms with Crippen LogP contribution in [0.4, 0.5) is 5.82 Å². The van der Waals surface area contributed by atoms with Crippen LogP contribution in [-0.2, 0) is 0 Å². The maximum absolute atomic E-state index is 6.02. The number of para-hydroxylation sites is 1. The van der Waals surface area contributed by atoms with E-state index in [1.807, 2.05) is 18.2 Å². The molecule has 0 saturated carbocycles. The lowest BCUT2D eigenvalue weighted by Gasteiger charge is -2.33. The molecule has 1 aliphatic heterocycles. The summed E-state index contributed by atoms with van der Waals surface area (Å²) >= 11 is 5.87. The van der Waals surface area contributed by atoms with Crippen molar-refractivity contribution >= 4 is 28.3 Å². The Morgan fingerprint density at radius 3 is 2.88 bits per heavy atom. The Morgan fingerprint density at radius 1 is 1.08 bits per heavy atom. The van der Waals surface area contributed by atoms with Crippen molar-refractivity contribution in [2.75, 3.05) is 18.0 Å².